The molecule has 0 radical (unpaired) electrons. The van der Waals surface area contributed by atoms with E-state index in [1.54, 1.807) is 12.1 Å². The van der Waals surface area contributed by atoms with Crippen LogP contribution in [-0.2, 0) is 17.8 Å². The highest BCUT2D eigenvalue weighted by atomic mass is 32.1. The zero-order valence-electron chi connectivity index (χ0n) is 15.2. The molecule has 1 aromatic heterocycles. The highest BCUT2D eigenvalue weighted by Crippen LogP contribution is 2.12. The van der Waals surface area contributed by atoms with Gasteiger partial charge in [0.15, 0.2) is 0 Å². The zero-order chi connectivity index (χ0) is 18.4. The quantitative estimate of drug-likeness (QED) is 0.808. The third kappa shape index (κ3) is 5.37. The van der Waals surface area contributed by atoms with Crippen molar-refractivity contribution in [1.29, 1.82) is 0 Å². The Morgan fingerprint density at radius 2 is 1.92 bits per heavy atom. The van der Waals surface area contributed by atoms with Crippen LogP contribution in [0.3, 0.4) is 0 Å². The Bertz CT molecular complexity index is 682. The van der Waals surface area contributed by atoms with Gasteiger partial charge in [-0.25, -0.2) is 4.39 Å². The van der Waals surface area contributed by atoms with E-state index in [4.69, 9.17) is 0 Å². The van der Waals surface area contributed by atoms with Gasteiger partial charge < -0.3 is 10.2 Å². The average molecular weight is 376 g/mol. The molecular formula is C20H26FN3OS. The molecule has 1 amide bonds. The van der Waals surface area contributed by atoms with Gasteiger partial charge in [0.2, 0.25) is 5.91 Å². The second-order valence-corrected chi connectivity index (χ2v) is 7.76. The van der Waals surface area contributed by atoms with Crippen LogP contribution in [0.5, 0.6) is 0 Å². The number of amides is 1. The van der Waals surface area contributed by atoms with Gasteiger partial charge in [0.1, 0.15) is 5.82 Å². The largest absolute Gasteiger partial charge is 0.351 e. The Labute approximate surface area is 158 Å². The molecule has 1 aliphatic heterocycles. The summed E-state index contributed by atoms with van der Waals surface area (Å²) in [5.41, 5.74) is 0.908. The van der Waals surface area contributed by atoms with Crippen LogP contribution >= 0.6 is 11.3 Å². The summed E-state index contributed by atoms with van der Waals surface area (Å²) in [6.07, 6.45) is 1.10. The summed E-state index contributed by atoms with van der Waals surface area (Å²) in [6, 6.07) is 10.4. The molecular weight excluding hydrogens is 349 g/mol. The van der Waals surface area contributed by atoms with Gasteiger partial charge in [-0.3, -0.25) is 9.69 Å². The maximum atomic E-state index is 12.9. The maximum Gasteiger partial charge on any atom is 0.237 e. The van der Waals surface area contributed by atoms with E-state index in [1.165, 1.54) is 17.0 Å². The normalized spacial score (nSPS) is 17.2. The summed E-state index contributed by atoms with van der Waals surface area (Å²) in [7, 11) is 0. The van der Waals surface area contributed by atoms with Crippen LogP contribution in [-0.4, -0.2) is 54.5 Å². The first kappa shape index (κ1) is 19.0. The number of carbonyl (C=O) groups is 1. The standard InChI is InChI=1S/C20H26FN3OS/c1-16(20(25)22-15-17-4-6-18(21)7-5-17)24-12-10-23(11-13-24)9-8-19-3-2-14-26-19/h2-7,14,16H,8-13,15H2,1H3,(H,22,25). The third-order valence-electron chi connectivity index (χ3n) is 4.97. The van der Waals surface area contributed by atoms with Crippen molar-refractivity contribution in [2.24, 2.45) is 0 Å². The number of halogens is 1. The van der Waals surface area contributed by atoms with Crippen molar-refractivity contribution in [2.75, 3.05) is 32.7 Å². The fourth-order valence-corrected chi connectivity index (χ4v) is 3.90. The van der Waals surface area contributed by atoms with E-state index in [9.17, 15) is 9.18 Å². The molecule has 1 atom stereocenters. The van der Waals surface area contributed by atoms with Crippen molar-refractivity contribution in [1.82, 2.24) is 15.1 Å². The topological polar surface area (TPSA) is 35.6 Å². The van der Waals surface area contributed by atoms with Crippen LogP contribution in [0.1, 0.15) is 17.4 Å². The summed E-state index contributed by atoms with van der Waals surface area (Å²) in [5.74, 6) is -0.230. The molecule has 2 heterocycles. The maximum absolute atomic E-state index is 12.9. The molecule has 2 aromatic rings. The highest BCUT2D eigenvalue weighted by molar-refractivity contribution is 7.09. The smallest absolute Gasteiger partial charge is 0.237 e. The summed E-state index contributed by atoms with van der Waals surface area (Å²) in [5, 5.41) is 5.08. The predicted molar refractivity (Wildman–Crippen MR) is 104 cm³/mol. The first-order chi connectivity index (χ1) is 12.6. The van der Waals surface area contributed by atoms with Gasteiger partial charge >= 0.3 is 0 Å². The Hall–Kier alpha value is -1.76. The van der Waals surface area contributed by atoms with Crippen LogP contribution in [0.15, 0.2) is 41.8 Å². The van der Waals surface area contributed by atoms with Crippen molar-refractivity contribution < 1.29 is 9.18 Å². The number of hydrogen-bond donors (Lipinski definition) is 1. The van der Waals surface area contributed by atoms with Gasteiger partial charge in [0.05, 0.1) is 6.04 Å². The summed E-state index contributed by atoms with van der Waals surface area (Å²) >= 11 is 1.81. The molecule has 1 unspecified atom stereocenters. The van der Waals surface area contributed by atoms with Crippen molar-refractivity contribution in [2.45, 2.75) is 25.9 Å². The highest BCUT2D eigenvalue weighted by Gasteiger charge is 2.25. The van der Waals surface area contributed by atoms with Crippen LogP contribution < -0.4 is 5.32 Å². The van der Waals surface area contributed by atoms with Gasteiger partial charge in [-0.1, -0.05) is 18.2 Å². The summed E-state index contributed by atoms with van der Waals surface area (Å²) < 4.78 is 12.9. The first-order valence-electron chi connectivity index (χ1n) is 9.13. The van der Waals surface area contributed by atoms with Crippen LogP contribution in [0, 0.1) is 5.82 Å². The lowest BCUT2D eigenvalue weighted by molar-refractivity contribution is -0.126. The van der Waals surface area contributed by atoms with Crippen LogP contribution in [0.2, 0.25) is 0 Å². The van der Waals surface area contributed by atoms with Crippen molar-refractivity contribution >= 4 is 17.2 Å². The summed E-state index contributed by atoms with van der Waals surface area (Å²) in [4.78, 5) is 18.5. The van der Waals surface area contributed by atoms with E-state index >= 15 is 0 Å². The van der Waals surface area contributed by atoms with E-state index < -0.39 is 0 Å². The molecule has 6 heteroatoms. The minimum Gasteiger partial charge on any atom is -0.351 e. The molecule has 1 fully saturated rings. The first-order valence-corrected chi connectivity index (χ1v) is 10.0. The predicted octanol–water partition coefficient (Wildman–Crippen LogP) is 2.75. The minimum atomic E-state index is -0.259. The monoisotopic (exact) mass is 375 g/mol. The van der Waals surface area contributed by atoms with Crippen molar-refractivity contribution in [3.63, 3.8) is 0 Å². The zero-order valence-corrected chi connectivity index (χ0v) is 16.0. The molecule has 1 saturated heterocycles. The molecule has 0 bridgehead atoms. The Morgan fingerprint density at radius 1 is 1.19 bits per heavy atom. The SMILES string of the molecule is CC(C(=O)NCc1ccc(F)cc1)N1CCN(CCc2cccs2)CC1. The third-order valence-corrected chi connectivity index (χ3v) is 5.90. The molecule has 1 N–H and O–H groups in total. The number of nitrogens with zero attached hydrogens (tertiary/aromatic N) is 2. The van der Waals surface area contributed by atoms with E-state index in [0.29, 0.717) is 6.54 Å². The molecule has 3 rings (SSSR count). The van der Waals surface area contributed by atoms with Crippen molar-refractivity contribution in [3.05, 3.63) is 58.0 Å². The second-order valence-electron chi connectivity index (χ2n) is 6.73. The Kier molecular flexibility index (Phi) is 6.77. The number of carbonyl (C=O) groups excluding carboxylic acids is 1. The molecule has 0 aliphatic carbocycles. The molecule has 4 nitrogen and oxygen atoms in total. The summed E-state index contributed by atoms with van der Waals surface area (Å²) in [6.45, 7) is 7.30. The van der Waals surface area contributed by atoms with Crippen LogP contribution in [0.25, 0.3) is 0 Å². The lowest BCUT2D eigenvalue weighted by atomic mass is 10.2. The Balaban J connectivity index is 1.38. The van der Waals surface area contributed by atoms with Gasteiger partial charge in [-0.05, 0) is 42.5 Å². The minimum absolute atomic E-state index is 0.0290. The number of rotatable bonds is 7. The van der Waals surface area contributed by atoms with E-state index in [2.05, 4.69) is 32.6 Å². The molecule has 26 heavy (non-hydrogen) atoms. The lowest BCUT2D eigenvalue weighted by Crippen LogP contribution is -2.54. The van der Waals surface area contributed by atoms with Gasteiger partial charge in [0.25, 0.3) is 0 Å². The number of benzene rings is 1. The average Bonchev–Trinajstić information content (AvgIpc) is 3.19. The number of thiophene rings is 1. The van der Waals surface area contributed by atoms with E-state index in [1.807, 2.05) is 18.3 Å². The Morgan fingerprint density at radius 3 is 2.58 bits per heavy atom. The van der Waals surface area contributed by atoms with Gasteiger partial charge in [-0.15, -0.1) is 11.3 Å². The number of piperazine rings is 1. The molecule has 1 aliphatic rings. The fraction of sp³-hybridized carbons (Fsp3) is 0.450. The van der Waals surface area contributed by atoms with E-state index in [0.717, 1.165) is 44.7 Å². The number of nitrogens with one attached hydrogen (secondary N) is 1. The van der Waals surface area contributed by atoms with Crippen molar-refractivity contribution in [3.8, 4) is 0 Å². The second kappa shape index (κ2) is 9.26. The van der Waals surface area contributed by atoms with Crippen LogP contribution in [0.4, 0.5) is 4.39 Å². The fourth-order valence-electron chi connectivity index (χ4n) is 3.20. The molecule has 0 saturated carbocycles. The van der Waals surface area contributed by atoms with Gasteiger partial charge in [-0.2, -0.15) is 0 Å². The lowest BCUT2D eigenvalue weighted by Gasteiger charge is -2.37. The molecule has 1 aromatic carbocycles. The van der Waals surface area contributed by atoms with E-state index in [-0.39, 0.29) is 17.8 Å². The molecule has 0 spiro atoms. The van der Waals surface area contributed by atoms with Gasteiger partial charge in [0, 0.05) is 44.1 Å². The number of hydrogen-bond acceptors (Lipinski definition) is 4. The molecule has 140 valence electrons.